The number of benzene rings is 2. The normalized spacial score (nSPS) is 15.9. The number of aromatic nitrogens is 1. The molecule has 0 spiro atoms. The fraction of sp³-hybridized carbons (Fsp3) is 0.513. The smallest absolute Gasteiger partial charge is 0.338 e. The van der Waals surface area contributed by atoms with Crippen LogP contribution in [0.15, 0.2) is 42.0 Å². The lowest BCUT2D eigenvalue weighted by Crippen LogP contribution is -2.28. The van der Waals surface area contributed by atoms with E-state index in [2.05, 4.69) is 47.1 Å². The number of fused-ring (bicyclic) bond motifs is 5. The number of esters is 1. The Hall–Kier alpha value is -3.91. The number of carbonyl (C=O) groups excluding carboxylic acids is 3. The third-order valence-corrected chi connectivity index (χ3v) is 8.72. The first-order valence-corrected chi connectivity index (χ1v) is 17.0. The SMILES string of the molecule is CC(CCC=O)OC(C)CNC=O.COc1ccc2c(c1)C=C(C)Cn1c-2c(C2CCCCC2)c2ccc(C(=O)OC(C)(C)C)cc21. The van der Waals surface area contributed by atoms with Gasteiger partial charge in [-0.2, -0.15) is 0 Å². The lowest BCUT2D eigenvalue weighted by molar-refractivity contribution is -0.110. The number of carbonyl (C=O) groups is 3. The quantitative estimate of drug-likeness (QED) is 0.167. The summed E-state index contributed by atoms with van der Waals surface area (Å²) in [5, 5.41) is 3.80. The molecule has 1 fully saturated rings. The summed E-state index contributed by atoms with van der Waals surface area (Å²) in [6, 6.07) is 12.5. The van der Waals surface area contributed by atoms with Crippen molar-refractivity contribution in [3.63, 3.8) is 0 Å². The maximum atomic E-state index is 12.9. The highest BCUT2D eigenvalue weighted by Crippen LogP contribution is 2.47. The van der Waals surface area contributed by atoms with E-state index in [0.29, 0.717) is 30.9 Å². The Morgan fingerprint density at radius 1 is 1.04 bits per heavy atom. The van der Waals surface area contributed by atoms with Gasteiger partial charge in [-0.25, -0.2) is 4.79 Å². The Balaban J connectivity index is 0.000000328. The van der Waals surface area contributed by atoms with E-state index in [0.717, 1.165) is 30.5 Å². The molecule has 1 aliphatic carbocycles. The molecule has 8 nitrogen and oxygen atoms in total. The molecule has 2 aliphatic rings. The van der Waals surface area contributed by atoms with Crippen molar-refractivity contribution in [2.45, 2.75) is 117 Å². The highest BCUT2D eigenvalue weighted by atomic mass is 16.6. The monoisotopic (exact) mass is 644 g/mol. The maximum absolute atomic E-state index is 12.9. The molecular formula is C39H52N2O6. The third kappa shape index (κ3) is 9.34. The van der Waals surface area contributed by atoms with Gasteiger partial charge in [-0.15, -0.1) is 0 Å². The summed E-state index contributed by atoms with van der Waals surface area (Å²) in [5.41, 5.74) is 7.68. The van der Waals surface area contributed by atoms with Crippen LogP contribution in [0, 0.1) is 0 Å². The van der Waals surface area contributed by atoms with Crippen molar-refractivity contribution in [2.24, 2.45) is 0 Å². The molecule has 1 aromatic heterocycles. The lowest BCUT2D eigenvalue weighted by Gasteiger charge is -2.24. The van der Waals surface area contributed by atoms with E-state index < -0.39 is 5.60 Å². The van der Waals surface area contributed by atoms with Gasteiger partial charge in [0.25, 0.3) is 0 Å². The summed E-state index contributed by atoms with van der Waals surface area (Å²) < 4.78 is 19.1. The Bertz CT molecular complexity index is 1560. The van der Waals surface area contributed by atoms with E-state index >= 15 is 0 Å². The van der Waals surface area contributed by atoms with Crippen molar-refractivity contribution in [2.75, 3.05) is 13.7 Å². The first-order valence-electron chi connectivity index (χ1n) is 17.0. The fourth-order valence-electron chi connectivity index (χ4n) is 6.69. The fourth-order valence-corrected chi connectivity index (χ4v) is 6.69. The molecule has 2 aromatic carbocycles. The van der Waals surface area contributed by atoms with Gasteiger partial charge in [-0.05, 0) is 108 Å². The zero-order chi connectivity index (χ0) is 34.1. The maximum Gasteiger partial charge on any atom is 0.338 e. The Labute approximate surface area is 279 Å². The van der Waals surface area contributed by atoms with Gasteiger partial charge >= 0.3 is 5.97 Å². The van der Waals surface area contributed by atoms with Crippen molar-refractivity contribution in [1.82, 2.24) is 9.88 Å². The topological polar surface area (TPSA) is 95.9 Å². The number of hydrogen-bond donors (Lipinski definition) is 1. The molecule has 1 amide bonds. The van der Waals surface area contributed by atoms with Crippen LogP contribution in [-0.2, 0) is 25.6 Å². The minimum Gasteiger partial charge on any atom is -0.497 e. The van der Waals surface area contributed by atoms with E-state index in [1.807, 2.05) is 46.8 Å². The second kappa shape index (κ2) is 16.3. The largest absolute Gasteiger partial charge is 0.497 e. The van der Waals surface area contributed by atoms with Gasteiger partial charge in [-0.1, -0.05) is 37.0 Å². The number of allylic oxidation sites excluding steroid dienone is 1. The van der Waals surface area contributed by atoms with E-state index in [1.54, 1.807) is 7.11 Å². The minimum absolute atomic E-state index is 0.00754. The molecule has 0 saturated heterocycles. The zero-order valence-electron chi connectivity index (χ0n) is 29.2. The number of hydrogen-bond acceptors (Lipinski definition) is 6. The van der Waals surface area contributed by atoms with E-state index in [1.165, 1.54) is 65.4 Å². The number of nitrogens with one attached hydrogen (secondary N) is 1. The number of ether oxygens (including phenoxy) is 3. The van der Waals surface area contributed by atoms with Gasteiger partial charge in [0.15, 0.2) is 0 Å². The van der Waals surface area contributed by atoms with Crippen molar-refractivity contribution in [3.05, 3.63) is 58.7 Å². The van der Waals surface area contributed by atoms with Crippen molar-refractivity contribution >= 4 is 35.6 Å². The van der Waals surface area contributed by atoms with Gasteiger partial charge in [-0.3, -0.25) is 4.79 Å². The van der Waals surface area contributed by atoms with Crippen LogP contribution in [0.2, 0.25) is 0 Å². The minimum atomic E-state index is -0.521. The molecule has 5 rings (SSSR count). The van der Waals surface area contributed by atoms with Crippen LogP contribution < -0.4 is 10.1 Å². The predicted octanol–water partition coefficient (Wildman–Crippen LogP) is 8.24. The molecule has 1 aliphatic heterocycles. The molecule has 8 heteroatoms. The molecule has 2 atom stereocenters. The second-order valence-electron chi connectivity index (χ2n) is 13.9. The summed E-state index contributed by atoms with van der Waals surface area (Å²) in [4.78, 5) is 32.9. The first-order chi connectivity index (χ1) is 22.4. The Kier molecular flexibility index (Phi) is 12.4. The Morgan fingerprint density at radius 2 is 1.79 bits per heavy atom. The predicted molar refractivity (Wildman–Crippen MR) is 188 cm³/mol. The molecule has 3 aromatic rings. The molecule has 1 saturated carbocycles. The molecule has 47 heavy (non-hydrogen) atoms. The summed E-state index contributed by atoms with van der Waals surface area (Å²) in [6.07, 6.45) is 11.4. The molecule has 2 unspecified atom stereocenters. The van der Waals surface area contributed by atoms with E-state index in [9.17, 15) is 14.4 Å². The third-order valence-electron chi connectivity index (χ3n) is 8.72. The van der Waals surface area contributed by atoms with E-state index in [-0.39, 0.29) is 18.2 Å². The van der Waals surface area contributed by atoms with Gasteiger partial charge in [0.2, 0.25) is 6.41 Å². The van der Waals surface area contributed by atoms with Crippen molar-refractivity contribution < 1.29 is 28.6 Å². The lowest BCUT2D eigenvalue weighted by atomic mass is 9.81. The van der Waals surface area contributed by atoms with Crippen LogP contribution >= 0.6 is 0 Å². The molecule has 0 bridgehead atoms. The molecular weight excluding hydrogens is 592 g/mol. The Morgan fingerprint density at radius 3 is 2.45 bits per heavy atom. The average molecular weight is 645 g/mol. The summed E-state index contributed by atoms with van der Waals surface area (Å²) in [7, 11) is 1.72. The van der Waals surface area contributed by atoms with E-state index in [4.69, 9.17) is 14.2 Å². The van der Waals surface area contributed by atoms with Crippen molar-refractivity contribution in [3.8, 4) is 17.0 Å². The number of aldehydes is 1. The van der Waals surface area contributed by atoms with Crippen LogP contribution in [0.3, 0.4) is 0 Å². The highest BCUT2D eigenvalue weighted by Gasteiger charge is 2.29. The van der Waals surface area contributed by atoms with Crippen LogP contribution in [0.1, 0.15) is 114 Å². The molecule has 0 radical (unpaired) electrons. The zero-order valence-corrected chi connectivity index (χ0v) is 29.2. The van der Waals surface area contributed by atoms with Gasteiger partial charge < -0.3 is 28.9 Å². The number of methoxy groups -OCH3 is 1. The van der Waals surface area contributed by atoms with Crippen LogP contribution in [-0.4, -0.2) is 54.7 Å². The summed E-state index contributed by atoms with van der Waals surface area (Å²) in [6.45, 7) is 13.0. The molecule has 2 heterocycles. The summed E-state index contributed by atoms with van der Waals surface area (Å²) >= 11 is 0. The average Bonchev–Trinajstić information content (AvgIpc) is 3.26. The number of nitrogens with zero attached hydrogens (tertiary/aromatic N) is 1. The van der Waals surface area contributed by atoms with Gasteiger partial charge in [0, 0.05) is 36.0 Å². The number of amides is 1. The van der Waals surface area contributed by atoms with Crippen LogP contribution in [0.25, 0.3) is 28.2 Å². The molecule has 254 valence electrons. The van der Waals surface area contributed by atoms with Gasteiger partial charge in [0.05, 0.1) is 30.6 Å². The highest BCUT2D eigenvalue weighted by molar-refractivity contribution is 6.00. The standard InChI is InChI=1S/C30H35NO3.C9H17NO3/c1-19-15-22-16-23(33-5)12-14-24(22)28-27(20-9-7-6-8-10-20)25-13-11-21(17-26(25)31(28)18-19)29(32)34-30(2,3)4;1-8(4-3-5-11)13-9(2)6-10-7-12/h11-17,20H,6-10,18H2,1-5H3;5,7-9H,3-4,6H2,1-2H3,(H,10,12). The van der Waals surface area contributed by atoms with Crippen LogP contribution in [0.5, 0.6) is 5.75 Å². The molecule has 1 N–H and O–H groups in total. The van der Waals surface area contributed by atoms with Gasteiger partial charge in [0.1, 0.15) is 17.6 Å². The summed E-state index contributed by atoms with van der Waals surface area (Å²) in [5.74, 6) is 1.14. The van der Waals surface area contributed by atoms with Crippen molar-refractivity contribution in [1.29, 1.82) is 0 Å². The number of rotatable bonds is 11. The van der Waals surface area contributed by atoms with Crippen LogP contribution in [0.4, 0.5) is 0 Å². The first kappa shape index (κ1) is 35.9. The second-order valence-corrected chi connectivity index (χ2v) is 13.9.